The van der Waals surface area contributed by atoms with E-state index in [-0.39, 0.29) is 0 Å². The van der Waals surface area contributed by atoms with Crippen molar-refractivity contribution in [3.05, 3.63) is 59.9 Å². The number of aromatic nitrogens is 4. The van der Waals surface area contributed by atoms with Crippen molar-refractivity contribution in [3.8, 4) is 5.69 Å². The van der Waals surface area contributed by atoms with Crippen LogP contribution in [0.2, 0.25) is 0 Å². The molecule has 3 rings (SSSR count). The van der Waals surface area contributed by atoms with Crippen LogP contribution in [0.5, 0.6) is 0 Å². The highest BCUT2D eigenvalue weighted by atomic mass is 32.2. The van der Waals surface area contributed by atoms with E-state index in [9.17, 15) is 8.78 Å². The Bertz CT molecular complexity index is 810. The molecule has 0 spiro atoms. The number of alkyl halides is 2. The number of rotatable bonds is 5. The monoisotopic (exact) mass is 334 g/mol. The van der Waals surface area contributed by atoms with Gasteiger partial charge in [0.05, 0.1) is 5.75 Å². The molecule has 0 aliphatic heterocycles. The fourth-order valence-electron chi connectivity index (χ4n) is 2.23. The van der Waals surface area contributed by atoms with Crippen LogP contribution in [-0.2, 0) is 5.75 Å². The summed E-state index contributed by atoms with van der Waals surface area (Å²) in [6, 6.07) is 6.16. The van der Waals surface area contributed by atoms with E-state index in [1.165, 1.54) is 35.3 Å². The molecule has 0 saturated carbocycles. The summed E-state index contributed by atoms with van der Waals surface area (Å²) < 4.78 is 28.5. The molecule has 0 bridgehead atoms. The molecule has 4 nitrogen and oxygen atoms in total. The summed E-state index contributed by atoms with van der Waals surface area (Å²) in [4.78, 5) is 8.31. The van der Waals surface area contributed by atoms with Crippen molar-refractivity contribution in [2.45, 2.75) is 31.3 Å². The molecule has 23 heavy (non-hydrogen) atoms. The topological polar surface area (TPSA) is 35.6 Å². The van der Waals surface area contributed by atoms with Crippen LogP contribution in [-0.4, -0.2) is 19.1 Å². The van der Waals surface area contributed by atoms with Crippen LogP contribution < -0.4 is 0 Å². The average Bonchev–Trinajstić information content (AvgIpc) is 3.16. The largest absolute Gasteiger partial charge is 0.319 e. The third-order valence-corrected chi connectivity index (χ3v) is 4.63. The predicted molar refractivity (Wildman–Crippen MR) is 86.1 cm³/mol. The highest BCUT2D eigenvalue weighted by Crippen LogP contribution is 2.25. The Morgan fingerprint density at radius 1 is 1.09 bits per heavy atom. The van der Waals surface area contributed by atoms with Crippen LogP contribution in [0, 0.1) is 13.8 Å². The van der Waals surface area contributed by atoms with Crippen LogP contribution in [0.3, 0.4) is 0 Å². The first-order valence-corrected chi connectivity index (χ1v) is 8.08. The standard InChI is InChI=1S/C16H16F2N4S/c1-11-3-4-13(9-12(11)2)21-7-6-20-16(21)23-10-14-19-5-8-22(14)15(17)18/h3-9,15H,10H2,1-2H3. The summed E-state index contributed by atoms with van der Waals surface area (Å²) in [5.41, 5.74) is 3.42. The summed E-state index contributed by atoms with van der Waals surface area (Å²) >= 11 is 1.38. The van der Waals surface area contributed by atoms with Gasteiger partial charge in [-0.1, -0.05) is 17.8 Å². The Labute approximate surface area is 137 Å². The van der Waals surface area contributed by atoms with Crippen LogP contribution >= 0.6 is 11.8 Å². The Hall–Kier alpha value is -2.15. The lowest BCUT2D eigenvalue weighted by Gasteiger charge is -2.10. The lowest BCUT2D eigenvalue weighted by Crippen LogP contribution is -2.03. The van der Waals surface area contributed by atoms with Gasteiger partial charge in [0.25, 0.3) is 0 Å². The van der Waals surface area contributed by atoms with Gasteiger partial charge in [-0.2, -0.15) is 8.78 Å². The first-order chi connectivity index (χ1) is 11.1. The first kappa shape index (κ1) is 15.7. The molecule has 1 aromatic carbocycles. The van der Waals surface area contributed by atoms with Gasteiger partial charge in [0.15, 0.2) is 5.16 Å². The Balaban J connectivity index is 1.81. The minimum absolute atomic E-state index is 0.333. The fourth-order valence-corrected chi connectivity index (χ4v) is 3.15. The van der Waals surface area contributed by atoms with E-state index < -0.39 is 6.55 Å². The number of imidazole rings is 2. The zero-order valence-electron chi connectivity index (χ0n) is 12.8. The molecule has 0 unspecified atom stereocenters. The third-order valence-electron chi connectivity index (χ3n) is 3.66. The number of hydrogen-bond donors (Lipinski definition) is 0. The van der Waals surface area contributed by atoms with Gasteiger partial charge in [0.2, 0.25) is 0 Å². The first-order valence-electron chi connectivity index (χ1n) is 7.10. The second-order valence-corrected chi connectivity index (χ2v) is 6.11. The highest BCUT2D eigenvalue weighted by molar-refractivity contribution is 7.98. The fraction of sp³-hybridized carbons (Fsp3) is 0.250. The minimum atomic E-state index is -2.58. The van der Waals surface area contributed by atoms with E-state index in [0.717, 1.165) is 15.4 Å². The predicted octanol–water partition coefficient (Wildman–Crippen LogP) is 4.37. The number of thioether (sulfide) groups is 1. The van der Waals surface area contributed by atoms with E-state index in [4.69, 9.17) is 0 Å². The van der Waals surface area contributed by atoms with Crippen molar-refractivity contribution in [1.29, 1.82) is 0 Å². The summed E-state index contributed by atoms with van der Waals surface area (Å²) in [5, 5.41) is 0.747. The highest BCUT2D eigenvalue weighted by Gasteiger charge is 2.13. The normalized spacial score (nSPS) is 11.3. The third kappa shape index (κ3) is 3.29. The number of hydrogen-bond acceptors (Lipinski definition) is 3. The van der Waals surface area contributed by atoms with Crippen LogP contribution in [0.25, 0.3) is 5.69 Å². The van der Waals surface area contributed by atoms with Crippen molar-refractivity contribution in [1.82, 2.24) is 19.1 Å². The van der Waals surface area contributed by atoms with E-state index in [2.05, 4.69) is 35.9 Å². The number of aryl methyl sites for hydroxylation is 2. The molecule has 0 amide bonds. The van der Waals surface area contributed by atoms with Gasteiger partial charge in [-0.25, -0.2) is 9.97 Å². The molecule has 0 aliphatic carbocycles. The molecule has 0 atom stereocenters. The maximum absolute atomic E-state index is 12.8. The summed E-state index contributed by atoms with van der Waals surface area (Å²) in [5.74, 6) is 0.666. The van der Waals surface area contributed by atoms with Gasteiger partial charge in [0, 0.05) is 30.5 Å². The van der Waals surface area contributed by atoms with Crippen molar-refractivity contribution < 1.29 is 8.78 Å². The lowest BCUT2D eigenvalue weighted by atomic mass is 10.1. The summed E-state index contributed by atoms with van der Waals surface area (Å²) in [6.45, 7) is 1.54. The molecule has 2 aromatic heterocycles. The second kappa shape index (κ2) is 6.54. The summed E-state index contributed by atoms with van der Waals surface area (Å²) in [7, 11) is 0. The van der Waals surface area contributed by atoms with E-state index in [0.29, 0.717) is 11.6 Å². The van der Waals surface area contributed by atoms with Crippen molar-refractivity contribution in [2.24, 2.45) is 0 Å². The number of benzene rings is 1. The van der Waals surface area contributed by atoms with Crippen LogP contribution in [0.15, 0.2) is 48.1 Å². The molecule has 0 aliphatic rings. The van der Waals surface area contributed by atoms with Gasteiger partial charge in [-0.05, 0) is 37.1 Å². The SMILES string of the molecule is Cc1ccc(-n2ccnc2SCc2nccn2C(F)F)cc1C. The zero-order valence-corrected chi connectivity index (χ0v) is 13.6. The zero-order chi connectivity index (χ0) is 16.4. The van der Waals surface area contributed by atoms with E-state index in [1.54, 1.807) is 6.20 Å². The van der Waals surface area contributed by atoms with Gasteiger partial charge in [0.1, 0.15) is 5.82 Å². The molecule has 3 aromatic rings. The quantitative estimate of drug-likeness (QED) is 0.650. The van der Waals surface area contributed by atoms with Crippen molar-refractivity contribution in [3.63, 3.8) is 0 Å². The minimum Gasteiger partial charge on any atom is -0.295 e. The number of halogens is 2. The van der Waals surface area contributed by atoms with Gasteiger partial charge < -0.3 is 0 Å². The Morgan fingerprint density at radius 3 is 2.61 bits per heavy atom. The van der Waals surface area contributed by atoms with Gasteiger partial charge in [-0.15, -0.1) is 0 Å². The summed E-state index contributed by atoms with van der Waals surface area (Å²) in [6.07, 6.45) is 6.25. The van der Waals surface area contributed by atoms with Crippen LogP contribution in [0.1, 0.15) is 23.5 Å². The van der Waals surface area contributed by atoms with Crippen molar-refractivity contribution in [2.75, 3.05) is 0 Å². The smallest absolute Gasteiger partial charge is 0.295 e. The Kier molecular flexibility index (Phi) is 4.47. The van der Waals surface area contributed by atoms with Crippen LogP contribution in [0.4, 0.5) is 8.78 Å². The second-order valence-electron chi connectivity index (χ2n) is 5.17. The van der Waals surface area contributed by atoms with Gasteiger partial charge >= 0.3 is 6.55 Å². The molecule has 0 N–H and O–H groups in total. The average molecular weight is 334 g/mol. The molecular formula is C16H16F2N4S. The molecule has 0 saturated heterocycles. The lowest BCUT2D eigenvalue weighted by molar-refractivity contribution is 0.0678. The maximum atomic E-state index is 12.8. The van der Waals surface area contributed by atoms with Gasteiger partial charge in [-0.3, -0.25) is 9.13 Å². The molecule has 7 heteroatoms. The van der Waals surface area contributed by atoms with E-state index in [1.807, 2.05) is 16.8 Å². The number of nitrogens with zero attached hydrogens (tertiary/aromatic N) is 4. The molecule has 0 fully saturated rings. The molecule has 2 heterocycles. The van der Waals surface area contributed by atoms with E-state index >= 15 is 0 Å². The molecular weight excluding hydrogens is 318 g/mol. The Morgan fingerprint density at radius 2 is 1.87 bits per heavy atom. The maximum Gasteiger partial charge on any atom is 0.319 e. The molecule has 120 valence electrons. The van der Waals surface area contributed by atoms with Crippen molar-refractivity contribution >= 4 is 11.8 Å². The molecule has 0 radical (unpaired) electrons.